The molecular weight excluding hydrogens is 182 g/mol. The predicted molar refractivity (Wildman–Crippen MR) is 51.0 cm³/mol. The summed E-state index contributed by atoms with van der Waals surface area (Å²) in [5.74, 6) is 0.609. The molecule has 76 valence electrons. The van der Waals surface area contributed by atoms with Crippen LogP contribution < -0.4 is 10.9 Å². The van der Waals surface area contributed by atoms with Crippen LogP contribution in [0.15, 0.2) is 11.0 Å². The quantitative estimate of drug-likeness (QED) is 0.563. The highest BCUT2D eigenvalue weighted by Crippen LogP contribution is 2.19. The minimum Gasteiger partial charge on any atom is -0.392 e. The Kier molecular flexibility index (Phi) is 2.35. The van der Waals surface area contributed by atoms with E-state index < -0.39 is 0 Å². The van der Waals surface area contributed by atoms with Crippen molar-refractivity contribution in [2.75, 3.05) is 6.54 Å². The number of aliphatic hydroxyl groups is 1. The average molecular weight is 195 g/mol. The number of rotatable bonds is 1. The van der Waals surface area contributed by atoms with Crippen LogP contribution in [0.4, 0.5) is 0 Å². The Balaban J connectivity index is 2.29. The van der Waals surface area contributed by atoms with E-state index in [4.69, 9.17) is 0 Å². The van der Waals surface area contributed by atoms with Gasteiger partial charge in [-0.05, 0) is 13.3 Å². The zero-order valence-corrected chi connectivity index (χ0v) is 7.95. The SMILES string of the molecule is Cc1ncc(C2C[C@@H](O)CN2)c(=O)[nH]1. The second-order valence-electron chi connectivity index (χ2n) is 3.60. The lowest BCUT2D eigenvalue weighted by Gasteiger charge is -2.08. The van der Waals surface area contributed by atoms with Crippen molar-refractivity contribution in [3.8, 4) is 0 Å². The topological polar surface area (TPSA) is 78.0 Å². The smallest absolute Gasteiger partial charge is 0.255 e. The molecule has 1 aromatic heterocycles. The van der Waals surface area contributed by atoms with Gasteiger partial charge in [-0.15, -0.1) is 0 Å². The van der Waals surface area contributed by atoms with Gasteiger partial charge >= 0.3 is 0 Å². The van der Waals surface area contributed by atoms with Gasteiger partial charge in [0.25, 0.3) is 5.56 Å². The zero-order valence-electron chi connectivity index (χ0n) is 7.95. The first-order valence-corrected chi connectivity index (χ1v) is 4.64. The van der Waals surface area contributed by atoms with E-state index in [9.17, 15) is 9.90 Å². The molecule has 2 atom stereocenters. The van der Waals surface area contributed by atoms with Crippen LogP contribution in [0, 0.1) is 6.92 Å². The van der Waals surface area contributed by atoms with Crippen LogP contribution in [0.5, 0.6) is 0 Å². The minimum absolute atomic E-state index is 0.0677. The molecule has 0 aromatic carbocycles. The van der Waals surface area contributed by atoms with E-state index in [1.165, 1.54) is 0 Å². The molecule has 0 amide bonds. The number of aromatic amines is 1. The lowest BCUT2D eigenvalue weighted by molar-refractivity contribution is 0.193. The summed E-state index contributed by atoms with van der Waals surface area (Å²) in [6, 6.07) is -0.0677. The number of nitrogens with zero attached hydrogens (tertiary/aromatic N) is 1. The molecular formula is C9H13N3O2. The van der Waals surface area contributed by atoms with E-state index in [1.54, 1.807) is 13.1 Å². The lowest BCUT2D eigenvalue weighted by atomic mass is 10.1. The Labute approximate surface area is 81.2 Å². The number of H-pyrrole nitrogens is 1. The average Bonchev–Trinajstić information content (AvgIpc) is 2.51. The third-order valence-corrected chi connectivity index (χ3v) is 2.44. The summed E-state index contributed by atoms with van der Waals surface area (Å²) in [7, 11) is 0. The van der Waals surface area contributed by atoms with Crippen LogP contribution in [0.1, 0.15) is 23.9 Å². The Morgan fingerprint density at radius 3 is 3.00 bits per heavy atom. The fourth-order valence-corrected chi connectivity index (χ4v) is 1.70. The molecule has 0 saturated carbocycles. The standard InChI is InChI=1S/C9H13N3O2/c1-5-10-4-7(9(14)12-5)8-2-6(13)3-11-8/h4,6,8,11,13H,2-3H2,1H3,(H,10,12,14)/t6-,8?/m1/s1. The minimum atomic E-state index is -0.360. The van der Waals surface area contributed by atoms with E-state index in [0.717, 1.165) is 0 Å². The van der Waals surface area contributed by atoms with Crippen LogP contribution in [0.25, 0.3) is 0 Å². The molecule has 1 saturated heterocycles. The van der Waals surface area contributed by atoms with Crippen molar-refractivity contribution < 1.29 is 5.11 Å². The molecule has 1 unspecified atom stereocenters. The summed E-state index contributed by atoms with van der Waals surface area (Å²) in [4.78, 5) is 18.2. The Hall–Kier alpha value is -1.20. The summed E-state index contributed by atoms with van der Waals surface area (Å²) < 4.78 is 0. The predicted octanol–water partition coefficient (Wildman–Crippen LogP) is -0.526. The molecule has 0 spiro atoms. The van der Waals surface area contributed by atoms with Crippen molar-refractivity contribution in [3.63, 3.8) is 0 Å². The number of aromatic nitrogens is 2. The molecule has 3 N–H and O–H groups in total. The first-order valence-electron chi connectivity index (χ1n) is 4.64. The van der Waals surface area contributed by atoms with Crippen LogP contribution in [0.3, 0.4) is 0 Å². The number of hydrogen-bond donors (Lipinski definition) is 3. The number of β-amino-alcohol motifs (C(OH)–C–C–N with tert-alkyl or cyclic N) is 1. The van der Waals surface area contributed by atoms with Crippen LogP contribution >= 0.6 is 0 Å². The van der Waals surface area contributed by atoms with Gasteiger partial charge in [-0.3, -0.25) is 4.79 Å². The summed E-state index contributed by atoms with van der Waals surface area (Å²) in [5, 5.41) is 12.4. The fourth-order valence-electron chi connectivity index (χ4n) is 1.70. The van der Waals surface area contributed by atoms with Crippen LogP contribution in [0.2, 0.25) is 0 Å². The van der Waals surface area contributed by atoms with Gasteiger partial charge in [0.15, 0.2) is 0 Å². The van der Waals surface area contributed by atoms with E-state index in [1.807, 2.05) is 0 Å². The molecule has 0 aliphatic carbocycles. The first-order chi connectivity index (χ1) is 6.66. The molecule has 1 aliphatic heterocycles. The Morgan fingerprint density at radius 2 is 2.43 bits per heavy atom. The van der Waals surface area contributed by atoms with Gasteiger partial charge in [0.05, 0.1) is 11.7 Å². The molecule has 14 heavy (non-hydrogen) atoms. The summed E-state index contributed by atoms with van der Waals surface area (Å²) in [6.45, 7) is 2.28. The maximum absolute atomic E-state index is 11.5. The molecule has 5 heteroatoms. The largest absolute Gasteiger partial charge is 0.392 e. The third kappa shape index (κ3) is 1.69. The number of aryl methyl sites for hydroxylation is 1. The van der Waals surface area contributed by atoms with Crippen molar-refractivity contribution in [3.05, 3.63) is 27.9 Å². The third-order valence-electron chi connectivity index (χ3n) is 2.44. The summed E-state index contributed by atoms with van der Waals surface area (Å²) in [6.07, 6.45) is 1.79. The van der Waals surface area contributed by atoms with Crippen molar-refractivity contribution in [1.29, 1.82) is 0 Å². The van der Waals surface area contributed by atoms with Gasteiger partial charge in [0.2, 0.25) is 0 Å². The highest BCUT2D eigenvalue weighted by atomic mass is 16.3. The maximum Gasteiger partial charge on any atom is 0.255 e. The second kappa shape index (κ2) is 3.51. The monoisotopic (exact) mass is 195 g/mol. The fraction of sp³-hybridized carbons (Fsp3) is 0.556. The van der Waals surface area contributed by atoms with Crippen molar-refractivity contribution in [2.45, 2.75) is 25.5 Å². The van der Waals surface area contributed by atoms with Crippen LogP contribution in [-0.2, 0) is 0 Å². The van der Waals surface area contributed by atoms with Crippen molar-refractivity contribution >= 4 is 0 Å². The van der Waals surface area contributed by atoms with Crippen molar-refractivity contribution in [1.82, 2.24) is 15.3 Å². The lowest BCUT2D eigenvalue weighted by Crippen LogP contribution is -2.23. The van der Waals surface area contributed by atoms with E-state index in [2.05, 4.69) is 15.3 Å². The van der Waals surface area contributed by atoms with Gasteiger partial charge < -0.3 is 15.4 Å². The normalized spacial score (nSPS) is 26.7. The molecule has 5 nitrogen and oxygen atoms in total. The van der Waals surface area contributed by atoms with Crippen molar-refractivity contribution in [2.24, 2.45) is 0 Å². The van der Waals surface area contributed by atoms with E-state index in [0.29, 0.717) is 24.4 Å². The number of nitrogens with one attached hydrogen (secondary N) is 2. The second-order valence-corrected chi connectivity index (χ2v) is 3.60. The van der Waals surface area contributed by atoms with Gasteiger partial charge in [-0.2, -0.15) is 0 Å². The number of aliphatic hydroxyl groups excluding tert-OH is 1. The summed E-state index contributed by atoms with van der Waals surface area (Å²) in [5.41, 5.74) is 0.483. The van der Waals surface area contributed by atoms with Gasteiger partial charge in [0.1, 0.15) is 5.82 Å². The number of hydrogen-bond acceptors (Lipinski definition) is 4. The van der Waals surface area contributed by atoms with Gasteiger partial charge in [-0.1, -0.05) is 0 Å². The van der Waals surface area contributed by atoms with E-state index in [-0.39, 0.29) is 17.7 Å². The van der Waals surface area contributed by atoms with E-state index >= 15 is 0 Å². The molecule has 1 fully saturated rings. The van der Waals surface area contributed by atoms with Gasteiger partial charge in [-0.25, -0.2) is 4.98 Å². The molecule has 2 heterocycles. The molecule has 2 rings (SSSR count). The molecule has 0 bridgehead atoms. The molecule has 1 aromatic rings. The van der Waals surface area contributed by atoms with Crippen LogP contribution in [-0.4, -0.2) is 27.7 Å². The highest BCUT2D eigenvalue weighted by molar-refractivity contribution is 5.13. The zero-order chi connectivity index (χ0) is 10.1. The Bertz CT molecular complexity index is 388. The molecule has 0 radical (unpaired) electrons. The highest BCUT2D eigenvalue weighted by Gasteiger charge is 2.25. The first kappa shape index (κ1) is 9.36. The Morgan fingerprint density at radius 1 is 1.64 bits per heavy atom. The molecule has 1 aliphatic rings. The summed E-state index contributed by atoms with van der Waals surface area (Å²) >= 11 is 0. The maximum atomic E-state index is 11.5. The van der Waals surface area contributed by atoms with Gasteiger partial charge in [0, 0.05) is 18.8 Å².